The SMILES string of the molecule is O=C(Nc1nccnc1Cl)Oc1ccccc1. The average molecular weight is 250 g/mol. The summed E-state index contributed by atoms with van der Waals surface area (Å²) < 4.78 is 5.00. The molecule has 0 saturated carbocycles. The van der Waals surface area contributed by atoms with Gasteiger partial charge in [0.15, 0.2) is 11.0 Å². The van der Waals surface area contributed by atoms with E-state index in [9.17, 15) is 4.79 Å². The summed E-state index contributed by atoms with van der Waals surface area (Å²) in [6, 6.07) is 8.68. The molecule has 1 aromatic heterocycles. The van der Waals surface area contributed by atoms with Gasteiger partial charge >= 0.3 is 6.09 Å². The van der Waals surface area contributed by atoms with Gasteiger partial charge in [0.1, 0.15) is 5.75 Å². The third-order valence-corrected chi connectivity index (χ3v) is 2.10. The zero-order valence-electron chi connectivity index (χ0n) is 8.63. The minimum Gasteiger partial charge on any atom is -0.410 e. The summed E-state index contributed by atoms with van der Waals surface area (Å²) >= 11 is 5.73. The fraction of sp³-hybridized carbons (Fsp3) is 0. The smallest absolute Gasteiger partial charge is 0.410 e. The van der Waals surface area contributed by atoms with E-state index in [0.717, 1.165) is 0 Å². The molecule has 1 aromatic carbocycles. The van der Waals surface area contributed by atoms with E-state index < -0.39 is 6.09 Å². The first kappa shape index (κ1) is 11.3. The van der Waals surface area contributed by atoms with Gasteiger partial charge in [-0.15, -0.1) is 0 Å². The summed E-state index contributed by atoms with van der Waals surface area (Å²) in [5, 5.41) is 2.50. The maximum atomic E-state index is 11.5. The third-order valence-electron chi connectivity index (χ3n) is 1.83. The zero-order valence-corrected chi connectivity index (χ0v) is 9.39. The number of aromatic nitrogens is 2. The minimum absolute atomic E-state index is 0.109. The molecule has 0 unspecified atom stereocenters. The number of anilines is 1. The topological polar surface area (TPSA) is 64.1 Å². The number of para-hydroxylation sites is 1. The van der Waals surface area contributed by atoms with Crippen LogP contribution in [-0.2, 0) is 0 Å². The number of rotatable bonds is 2. The molecule has 0 bridgehead atoms. The molecule has 0 aliphatic carbocycles. The van der Waals surface area contributed by atoms with E-state index >= 15 is 0 Å². The quantitative estimate of drug-likeness (QED) is 0.889. The van der Waals surface area contributed by atoms with E-state index in [-0.39, 0.29) is 11.0 Å². The third kappa shape index (κ3) is 3.15. The molecule has 6 heteroatoms. The lowest BCUT2D eigenvalue weighted by atomic mass is 10.3. The predicted molar refractivity (Wildman–Crippen MR) is 63.1 cm³/mol. The molecule has 2 aromatic rings. The Morgan fingerprint density at radius 2 is 1.88 bits per heavy atom. The van der Waals surface area contributed by atoms with Gasteiger partial charge in [-0.25, -0.2) is 14.8 Å². The summed E-state index contributed by atoms with van der Waals surface area (Å²) in [4.78, 5) is 19.1. The summed E-state index contributed by atoms with van der Waals surface area (Å²) in [5.74, 6) is 0.597. The molecule has 1 heterocycles. The van der Waals surface area contributed by atoms with Crippen molar-refractivity contribution in [3.05, 3.63) is 47.9 Å². The first-order valence-corrected chi connectivity index (χ1v) is 5.14. The van der Waals surface area contributed by atoms with E-state index in [1.807, 2.05) is 6.07 Å². The van der Waals surface area contributed by atoms with Crippen LogP contribution < -0.4 is 10.1 Å². The van der Waals surface area contributed by atoms with Crippen LogP contribution in [0.5, 0.6) is 5.75 Å². The van der Waals surface area contributed by atoms with Crippen molar-refractivity contribution >= 4 is 23.5 Å². The van der Waals surface area contributed by atoms with Gasteiger partial charge in [-0.05, 0) is 12.1 Å². The molecule has 0 aliphatic heterocycles. The predicted octanol–water partition coefficient (Wildman–Crippen LogP) is 2.74. The molecule has 1 amide bonds. The molecular weight excluding hydrogens is 242 g/mol. The Hall–Kier alpha value is -2.14. The van der Waals surface area contributed by atoms with Gasteiger partial charge < -0.3 is 4.74 Å². The number of ether oxygens (including phenoxy) is 1. The Balaban J connectivity index is 2.01. The maximum Gasteiger partial charge on any atom is 0.418 e. The summed E-state index contributed by atoms with van der Waals surface area (Å²) in [5.41, 5.74) is 0. The highest BCUT2D eigenvalue weighted by molar-refractivity contribution is 6.32. The standard InChI is InChI=1S/C11H8ClN3O2/c12-9-10(14-7-6-13-9)15-11(16)17-8-4-2-1-3-5-8/h1-7H,(H,14,15,16). The van der Waals surface area contributed by atoms with Gasteiger partial charge in [0.2, 0.25) is 0 Å². The first-order chi connectivity index (χ1) is 8.25. The molecular formula is C11H8ClN3O2. The zero-order chi connectivity index (χ0) is 12.1. The summed E-state index contributed by atoms with van der Waals surface area (Å²) in [6.07, 6.45) is 2.18. The Morgan fingerprint density at radius 1 is 1.18 bits per heavy atom. The fourth-order valence-electron chi connectivity index (χ4n) is 1.12. The molecule has 0 aliphatic rings. The Morgan fingerprint density at radius 3 is 2.59 bits per heavy atom. The fourth-order valence-corrected chi connectivity index (χ4v) is 1.28. The summed E-state index contributed by atoms with van der Waals surface area (Å²) in [6.45, 7) is 0. The highest BCUT2D eigenvalue weighted by atomic mass is 35.5. The van der Waals surface area contributed by atoms with Crippen molar-refractivity contribution in [1.82, 2.24) is 9.97 Å². The number of amides is 1. The molecule has 5 nitrogen and oxygen atoms in total. The van der Waals surface area contributed by atoms with Crippen molar-refractivity contribution in [2.45, 2.75) is 0 Å². The van der Waals surface area contributed by atoms with Crippen LogP contribution in [-0.4, -0.2) is 16.1 Å². The lowest BCUT2D eigenvalue weighted by Crippen LogP contribution is -2.17. The number of nitrogens with zero attached hydrogens (tertiary/aromatic N) is 2. The molecule has 86 valence electrons. The highest BCUT2D eigenvalue weighted by Gasteiger charge is 2.08. The van der Waals surface area contributed by atoms with Crippen LogP contribution in [0, 0.1) is 0 Å². The molecule has 0 radical (unpaired) electrons. The highest BCUT2D eigenvalue weighted by Crippen LogP contribution is 2.15. The second-order valence-electron chi connectivity index (χ2n) is 3.02. The van der Waals surface area contributed by atoms with Crippen LogP contribution in [0.2, 0.25) is 5.15 Å². The molecule has 0 fully saturated rings. The van der Waals surface area contributed by atoms with Gasteiger partial charge in [-0.3, -0.25) is 5.32 Å². The number of nitrogens with one attached hydrogen (secondary N) is 1. The van der Waals surface area contributed by atoms with E-state index in [0.29, 0.717) is 5.75 Å². The van der Waals surface area contributed by atoms with Gasteiger partial charge in [-0.2, -0.15) is 0 Å². The van der Waals surface area contributed by atoms with Crippen LogP contribution >= 0.6 is 11.6 Å². The molecule has 2 rings (SSSR count). The molecule has 17 heavy (non-hydrogen) atoms. The monoisotopic (exact) mass is 249 g/mol. The second-order valence-corrected chi connectivity index (χ2v) is 3.38. The van der Waals surface area contributed by atoms with Crippen molar-refractivity contribution in [3.63, 3.8) is 0 Å². The van der Waals surface area contributed by atoms with E-state index in [1.165, 1.54) is 12.4 Å². The average Bonchev–Trinajstić information content (AvgIpc) is 2.33. The molecule has 0 atom stereocenters. The Bertz CT molecular complexity index is 519. The number of hydrogen-bond acceptors (Lipinski definition) is 4. The van der Waals surface area contributed by atoms with Crippen LogP contribution in [0.15, 0.2) is 42.7 Å². The van der Waals surface area contributed by atoms with Gasteiger partial charge in [0, 0.05) is 12.4 Å². The van der Waals surface area contributed by atoms with Crippen molar-refractivity contribution in [2.75, 3.05) is 5.32 Å². The van der Waals surface area contributed by atoms with Crippen molar-refractivity contribution in [1.29, 1.82) is 0 Å². The van der Waals surface area contributed by atoms with Crippen molar-refractivity contribution < 1.29 is 9.53 Å². The van der Waals surface area contributed by atoms with E-state index in [4.69, 9.17) is 16.3 Å². The number of carbonyl (C=O) groups excluding carboxylic acids is 1. The Kier molecular flexibility index (Phi) is 3.52. The van der Waals surface area contributed by atoms with E-state index in [2.05, 4.69) is 15.3 Å². The van der Waals surface area contributed by atoms with Gasteiger partial charge in [0.05, 0.1) is 0 Å². The van der Waals surface area contributed by atoms with E-state index in [1.54, 1.807) is 24.3 Å². The molecule has 0 saturated heterocycles. The lowest BCUT2D eigenvalue weighted by molar-refractivity contribution is 0.215. The number of hydrogen-bond donors (Lipinski definition) is 1. The lowest BCUT2D eigenvalue weighted by Gasteiger charge is -2.05. The van der Waals surface area contributed by atoms with Crippen molar-refractivity contribution in [3.8, 4) is 5.75 Å². The van der Waals surface area contributed by atoms with Crippen LogP contribution in [0.4, 0.5) is 10.6 Å². The number of carbonyl (C=O) groups is 1. The minimum atomic E-state index is -0.668. The maximum absolute atomic E-state index is 11.5. The first-order valence-electron chi connectivity index (χ1n) is 4.76. The Labute approximate surface area is 102 Å². The normalized spacial score (nSPS) is 9.71. The van der Waals surface area contributed by atoms with Crippen molar-refractivity contribution in [2.24, 2.45) is 0 Å². The van der Waals surface area contributed by atoms with Gasteiger partial charge in [0.25, 0.3) is 0 Å². The largest absolute Gasteiger partial charge is 0.418 e. The van der Waals surface area contributed by atoms with Crippen LogP contribution in [0.3, 0.4) is 0 Å². The molecule has 1 N–H and O–H groups in total. The van der Waals surface area contributed by atoms with Crippen LogP contribution in [0.1, 0.15) is 0 Å². The summed E-state index contributed by atoms with van der Waals surface area (Å²) in [7, 11) is 0. The van der Waals surface area contributed by atoms with Gasteiger partial charge in [-0.1, -0.05) is 29.8 Å². The number of benzene rings is 1. The van der Waals surface area contributed by atoms with Crippen LogP contribution in [0.25, 0.3) is 0 Å². The number of halogens is 1. The second kappa shape index (κ2) is 5.27. The molecule has 0 spiro atoms.